The standard InChI is InChI=1S/C16H21N3O2S/c20-15-10-12-1-2-14(9-13(12)11-15)18-16(22)17-3-4-19-5-7-21-8-6-19/h1-2,9H,3-8,10-11H2,(H2,17,18,22). The van der Waals surface area contributed by atoms with Crippen molar-refractivity contribution in [2.75, 3.05) is 44.7 Å². The molecule has 1 fully saturated rings. The van der Waals surface area contributed by atoms with Gasteiger partial charge in [0.1, 0.15) is 5.78 Å². The van der Waals surface area contributed by atoms with Crippen LogP contribution in [0.15, 0.2) is 18.2 Å². The van der Waals surface area contributed by atoms with Gasteiger partial charge in [-0.1, -0.05) is 6.07 Å². The molecule has 22 heavy (non-hydrogen) atoms. The summed E-state index contributed by atoms with van der Waals surface area (Å²) in [6.45, 7) is 5.38. The Morgan fingerprint density at radius 2 is 2.00 bits per heavy atom. The molecule has 6 heteroatoms. The topological polar surface area (TPSA) is 53.6 Å². The molecule has 3 rings (SSSR count). The molecule has 5 nitrogen and oxygen atoms in total. The first-order chi connectivity index (χ1) is 10.7. The molecule has 1 saturated heterocycles. The van der Waals surface area contributed by atoms with Gasteiger partial charge in [0, 0.05) is 44.7 Å². The number of carbonyl (C=O) groups excluding carboxylic acids is 1. The molecule has 0 saturated carbocycles. The minimum Gasteiger partial charge on any atom is -0.379 e. The van der Waals surface area contributed by atoms with E-state index in [9.17, 15) is 4.79 Å². The lowest BCUT2D eigenvalue weighted by atomic mass is 10.1. The third kappa shape index (κ3) is 4.03. The van der Waals surface area contributed by atoms with Gasteiger partial charge in [0.15, 0.2) is 5.11 Å². The van der Waals surface area contributed by atoms with Gasteiger partial charge < -0.3 is 15.4 Å². The Morgan fingerprint density at radius 3 is 2.82 bits per heavy atom. The highest BCUT2D eigenvalue weighted by atomic mass is 32.1. The molecule has 1 aromatic carbocycles. The van der Waals surface area contributed by atoms with E-state index in [2.05, 4.69) is 15.5 Å². The molecule has 1 heterocycles. The quantitative estimate of drug-likeness (QED) is 0.807. The van der Waals surface area contributed by atoms with E-state index in [1.165, 1.54) is 0 Å². The van der Waals surface area contributed by atoms with Gasteiger partial charge in [0.2, 0.25) is 0 Å². The maximum atomic E-state index is 11.5. The van der Waals surface area contributed by atoms with Crippen LogP contribution in [0.1, 0.15) is 11.1 Å². The number of benzene rings is 1. The number of rotatable bonds is 4. The second kappa shape index (κ2) is 7.17. The molecule has 1 aromatic rings. The Kier molecular flexibility index (Phi) is 5.02. The second-order valence-corrected chi connectivity index (χ2v) is 6.12. The summed E-state index contributed by atoms with van der Waals surface area (Å²) in [6.07, 6.45) is 1.11. The molecule has 118 valence electrons. The lowest BCUT2D eigenvalue weighted by Gasteiger charge is -2.26. The van der Waals surface area contributed by atoms with Crippen molar-refractivity contribution in [3.05, 3.63) is 29.3 Å². The first kappa shape index (κ1) is 15.4. The van der Waals surface area contributed by atoms with Crippen LogP contribution in [-0.2, 0) is 22.4 Å². The fourth-order valence-electron chi connectivity index (χ4n) is 2.86. The SMILES string of the molecule is O=C1Cc2ccc(NC(=S)NCCN3CCOCC3)cc2C1. The summed E-state index contributed by atoms with van der Waals surface area (Å²) in [5.41, 5.74) is 3.20. The van der Waals surface area contributed by atoms with Crippen LogP contribution < -0.4 is 10.6 Å². The van der Waals surface area contributed by atoms with Crippen molar-refractivity contribution in [2.45, 2.75) is 12.8 Å². The molecule has 0 atom stereocenters. The van der Waals surface area contributed by atoms with Gasteiger partial charge in [0.25, 0.3) is 0 Å². The van der Waals surface area contributed by atoms with Crippen LogP contribution in [0.2, 0.25) is 0 Å². The molecule has 0 unspecified atom stereocenters. The molecule has 0 spiro atoms. The van der Waals surface area contributed by atoms with Crippen LogP contribution >= 0.6 is 12.2 Å². The Balaban J connectivity index is 1.44. The van der Waals surface area contributed by atoms with Crippen LogP contribution in [0.4, 0.5) is 5.69 Å². The summed E-state index contributed by atoms with van der Waals surface area (Å²) in [7, 11) is 0. The van der Waals surface area contributed by atoms with Gasteiger partial charge >= 0.3 is 0 Å². The first-order valence-corrected chi connectivity index (χ1v) is 8.10. The van der Waals surface area contributed by atoms with E-state index in [0.717, 1.165) is 56.2 Å². The predicted molar refractivity (Wildman–Crippen MR) is 90.3 cm³/mol. The average molecular weight is 319 g/mol. The van der Waals surface area contributed by atoms with Gasteiger partial charge in [-0.3, -0.25) is 9.69 Å². The van der Waals surface area contributed by atoms with Gasteiger partial charge in [-0.25, -0.2) is 0 Å². The molecular weight excluding hydrogens is 298 g/mol. The number of ether oxygens (including phenoxy) is 1. The normalized spacial score (nSPS) is 18.1. The molecule has 0 amide bonds. The third-order valence-corrected chi connectivity index (χ3v) is 4.30. The maximum Gasteiger partial charge on any atom is 0.170 e. The van der Waals surface area contributed by atoms with Crippen LogP contribution in [0.25, 0.3) is 0 Å². The summed E-state index contributed by atoms with van der Waals surface area (Å²) in [5.74, 6) is 0.290. The van der Waals surface area contributed by atoms with Crippen LogP contribution in [-0.4, -0.2) is 55.2 Å². The van der Waals surface area contributed by atoms with Crippen molar-refractivity contribution in [1.29, 1.82) is 0 Å². The number of fused-ring (bicyclic) bond motifs is 1. The van der Waals surface area contributed by atoms with Crippen molar-refractivity contribution in [1.82, 2.24) is 10.2 Å². The zero-order valence-electron chi connectivity index (χ0n) is 12.6. The average Bonchev–Trinajstić information content (AvgIpc) is 2.87. The number of Topliss-reactive ketones (excluding diaryl/α,β-unsaturated/α-hetero) is 1. The van der Waals surface area contributed by atoms with Crippen LogP contribution in [0, 0.1) is 0 Å². The Morgan fingerprint density at radius 1 is 1.23 bits per heavy atom. The first-order valence-electron chi connectivity index (χ1n) is 7.69. The minimum absolute atomic E-state index is 0.290. The molecular formula is C16H21N3O2S. The summed E-state index contributed by atoms with van der Waals surface area (Å²) in [6, 6.07) is 6.02. The van der Waals surface area contributed by atoms with Crippen molar-refractivity contribution in [3.8, 4) is 0 Å². The number of nitrogens with zero attached hydrogens (tertiary/aromatic N) is 1. The maximum absolute atomic E-state index is 11.5. The molecule has 0 radical (unpaired) electrons. The number of thiocarbonyl (C=S) groups is 1. The zero-order valence-corrected chi connectivity index (χ0v) is 13.4. The van der Waals surface area contributed by atoms with Crippen LogP contribution in [0.3, 0.4) is 0 Å². The number of ketones is 1. The van der Waals surface area contributed by atoms with E-state index in [1.54, 1.807) is 0 Å². The number of morpholine rings is 1. The minimum atomic E-state index is 0.290. The summed E-state index contributed by atoms with van der Waals surface area (Å²) < 4.78 is 5.33. The summed E-state index contributed by atoms with van der Waals surface area (Å²) in [4.78, 5) is 13.8. The third-order valence-electron chi connectivity index (χ3n) is 4.06. The highest BCUT2D eigenvalue weighted by Crippen LogP contribution is 2.23. The van der Waals surface area contributed by atoms with Gasteiger partial charge in [-0.2, -0.15) is 0 Å². The molecule has 1 aliphatic heterocycles. The molecule has 2 aliphatic rings. The van der Waals surface area contributed by atoms with E-state index in [1.807, 2.05) is 18.2 Å². The highest BCUT2D eigenvalue weighted by molar-refractivity contribution is 7.80. The van der Waals surface area contributed by atoms with Gasteiger partial charge in [-0.05, 0) is 35.5 Å². The molecule has 1 aliphatic carbocycles. The number of carbonyl (C=O) groups is 1. The monoisotopic (exact) mass is 319 g/mol. The van der Waals surface area contributed by atoms with E-state index in [4.69, 9.17) is 17.0 Å². The Bertz CT molecular complexity index is 571. The van der Waals surface area contributed by atoms with Gasteiger partial charge in [0.05, 0.1) is 13.2 Å². The molecule has 2 N–H and O–H groups in total. The predicted octanol–water partition coefficient (Wildman–Crippen LogP) is 0.973. The van der Waals surface area contributed by atoms with E-state index in [-0.39, 0.29) is 0 Å². The van der Waals surface area contributed by atoms with Crippen molar-refractivity contribution in [3.63, 3.8) is 0 Å². The smallest absolute Gasteiger partial charge is 0.170 e. The Labute approximate surface area is 136 Å². The molecule has 0 bridgehead atoms. The second-order valence-electron chi connectivity index (χ2n) is 5.71. The van der Waals surface area contributed by atoms with Crippen LogP contribution in [0.5, 0.6) is 0 Å². The fourth-order valence-corrected chi connectivity index (χ4v) is 3.08. The number of anilines is 1. The lowest BCUT2D eigenvalue weighted by Crippen LogP contribution is -2.42. The van der Waals surface area contributed by atoms with Crippen molar-refractivity contribution in [2.24, 2.45) is 0 Å². The van der Waals surface area contributed by atoms with Gasteiger partial charge in [-0.15, -0.1) is 0 Å². The highest BCUT2D eigenvalue weighted by Gasteiger charge is 2.18. The largest absolute Gasteiger partial charge is 0.379 e. The van der Waals surface area contributed by atoms with E-state index < -0.39 is 0 Å². The van der Waals surface area contributed by atoms with Crippen molar-refractivity contribution >= 4 is 28.8 Å². The van der Waals surface area contributed by atoms with Crippen molar-refractivity contribution < 1.29 is 9.53 Å². The summed E-state index contributed by atoms with van der Waals surface area (Å²) in [5, 5.41) is 7.04. The number of hydrogen-bond donors (Lipinski definition) is 2. The van der Waals surface area contributed by atoms with E-state index in [0.29, 0.717) is 23.7 Å². The number of nitrogens with one attached hydrogen (secondary N) is 2. The van der Waals surface area contributed by atoms with E-state index >= 15 is 0 Å². The number of hydrogen-bond acceptors (Lipinski definition) is 4. The Hall–Kier alpha value is -1.50. The fraction of sp³-hybridized carbons (Fsp3) is 0.500. The molecule has 0 aromatic heterocycles. The zero-order chi connectivity index (χ0) is 15.4. The summed E-state index contributed by atoms with van der Waals surface area (Å²) >= 11 is 5.32. The lowest BCUT2D eigenvalue weighted by molar-refractivity contribution is -0.117.